The van der Waals surface area contributed by atoms with Crippen LogP contribution in [0.25, 0.3) is 0 Å². The van der Waals surface area contributed by atoms with Crippen molar-refractivity contribution in [2.24, 2.45) is 0 Å². The number of fused-ring (bicyclic) bond motifs is 1. The summed E-state index contributed by atoms with van der Waals surface area (Å²) in [5.74, 6) is -1.40. The minimum atomic E-state index is -1.54. The summed E-state index contributed by atoms with van der Waals surface area (Å²) in [5, 5.41) is 21.1. The van der Waals surface area contributed by atoms with Crippen LogP contribution in [0.5, 0.6) is 23.0 Å². The molecular formula is C24H17FNO6-. The molecule has 3 aromatic carbocycles. The standard InChI is InChI=1S/C24H18FNO6/c1-14-4-2-3-5-17(14)23(24(27)28)32-21-10-16(9-19(25)18(21)11-26)29-12-15-6-7-20-22(8-15)31-13-30-20/h2-10,23H,12-13H2,1H3,(H,27,28)/p-1. The molecular weight excluding hydrogens is 417 g/mol. The number of rotatable bonds is 7. The Labute approximate surface area is 183 Å². The summed E-state index contributed by atoms with van der Waals surface area (Å²) in [6.45, 7) is 1.93. The first kappa shape index (κ1) is 21.0. The Morgan fingerprint density at radius 2 is 1.97 bits per heavy atom. The van der Waals surface area contributed by atoms with Gasteiger partial charge in [0.05, 0.1) is 5.97 Å². The third kappa shape index (κ3) is 4.27. The fourth-order valence-electron chi connectivity index (χ4n) is 3.29. The van der Waals surface area contributed by atoms with E-state index >= 15 is 0 Å². The molecule has 32 heavy (non-hydrogen) atoms. The summed E-state index contributed by atoms with van der Waals surface area (Å²) in [5.41, 5.74) is 1.30. The van der Waals surface area contributed by atoms with Crippen LogP contribution in [0.15, 0.2) is 54.6 Å². The molecule has 0 fully saturated rings. The summed E-state index contributed by atoms with van der Waals surface area (Å²) < 4.78 is 36.4. The highest BCUT2D eigenvalue weighted by molar-refractivity contribution is 5.73. The molecule has 0 radical (unpaired) electrons. The van der Waals surface area contributed by atoms with Crippen molar-refractivity contribution in [1.29, 1.82) is 5.26 Å². The Bertz CT molecular complexity index is 1220. The molecule has 0 spiro atoms. The second-order valence-electron chi connectivity index (χ2n) is 7.04. The Hall–Kier alpha value is -4.25. The molecule has 7 nitrogen and oxygen atoms in total. The van der Waals surface area contributed by atoms with Gasteiger partial charge in [0.15, 0.2) is 17.6 Å². The second-order valence-corrected chi connectivity index (χ2v) is 7.04. The molecule has 0 aromatic heterocycles. The zero-order valence-electron chi connectivity index (χ0n) is 17.0. The molecule has 8 heteroatoms. The maximum absolute atomic E-state index is 14.6. The SMILES string of the molecule is Cc1ccccc1C(Oc1cc(OCc2ccc3c(c2)OCO3)cc(F)c1C#N)C(=O)[O-]. The summed E-state index contributed by atoms with van der Waals surface area (Å²) in [7, 11) is 0. The van der Waals surface area contributed by atoms with Gasteiger partial charge in [-0.15, -0.1) is 0 Å². The Morgan fingerprint density at radius 3 is 2.72 bits per heavy atom. The number of carbonyl (C=O) groups excluding carboxylic acids is 1. The van der Waals surface area contributed by atoms with E-state index in [2.05, 4.69) is 0 Å². The van der Waals surface area contributed by atoms with Gasteiger partial charge in [-0.1, -0.05) is 30.3 Å². The molecule has 0 saturated heterocycles. The third-order valence-electron chi connectivity index (χ3n) is 4.91. The lowest BCUT2D eigenvalue weighted by atomic mass is 10.0. The number of nitrogens with zero attached hydrogens (tertiary/aromatic N) is 1. The van der Waals surface area contributed by atoms with Crippen LogP contribution in [0.3, 0.4) is 0 Å². The molecule has 4 rings (SSSR count). The fraction of sp³-hybridized carbons (Fsp3) is 0.167. The molecule has 0 aliphatic carbocycles. The van der Waals surface area contributed by atoms with E-state index in [-0.39, 0.29) is 24.9 Å². The van der Waals surface area contributed by atoms with Gasteiger partial charge in [-0.25, -0.2) is 4.39 Å². The molecule has 0 N–H and O–H groups in total. The number of carbonyl (C=O) groups is 1. The van der Waals surface area contributed by atoms with Crippen molar-refractivity contribution in [3.63, 3.8) is 0 Å². The number of carboxylic acids is 1. The maximum atomic E-state index is 14.6. The van der Waals surface area contributed by atoms with E-state index < -0.39 is 23.5 Å². The van der Waals surface area contributed by atoms with Crippen LogP contribution < -0.4 is 24.1 Å². The molecule has 0 amide bonds. The molecule has 1 heterocycles. The van der Waals surface area contributed by atoms with Gasteiger partial charge in [-0.2, -0.15) is 5.26 Å². The van der Waals surface area contributed by atoms with Gasteiger partial charge in [0.2, 0.25) is 6.79 Å². The Kier molecular flexibility index (Phi) is 5.81. The average Bonchev–Trinajstić information content (AvgIpc) is 3.24. The monoisotopic (exact) mass is 434 g/mol. The first-order valence-corrected chi connectivity index (χ1v) is 9.64. The van der Waals surface area contributed by atoms with Gasteiger partial charge < -0.3 is 28.8 Å². The maximum Gasteiger partial charge on any atom is 0.231 e. The quantitative estimate of drug-likeness (QED) is 0.563. The summed E-state index contributed by atoms with van der Waals surface area (Å²) in [4.78, 5) is 11.8. The molecule has 0 bridgehead atoms. The van der Waals surface area contributed by atoms with Crippen molar-refractivity contribution in [2.45, 2.75) is 19.6 Å². The first-order chi connectivity index (χ1) is 15.5. The molecule has 1 aliphatic heterocycles. The van der Waals surface area contributed by atoms with E-state index in [0.717, 1.165) is 11.6 Å². The van der Waals surface area contributed by atoms with Gasteiger partial charge in [-0.3, -0.25) is 0 Å². The van der Waals surface area contributed by atoms with Gasteiger partial charge in [0, 0.05) is 17.7 Å². The van der Waals surface area contributed by atoms with Crippen molar-refractivity contribution >= 4 is 5.97 Å². The van der Waals surface area contributed by atoms with Crippen LogP contribution in [-0.2, 0) is 11.4 Å². The molecule has 0 saturated carbocycles. The minimum Gasteiger partial charge on any atom is -0.546 e. The highest BCUT2D eigenvalue weighted by atomic mass is 19.1. The van der Waals surface area contributed by atoms with E-state index in [1.165, 1.54) is 6.07 Å². The largest absolute Gasteiger partial charge is 0.546 e. The first-order valence-electron chi connectivity index (χ1n) is 9.64. The summed E-state index contributed by atoms with van der Waals surface area (Å²) in [6.07, 6.45) is -1.54. The highest BCUT2D eigenvalue weighted by Gasteiger charge is 2.21. The predicted molar refractivity (Wildman–Crippen MR) is 108 cm³/mol. The lowest BCUT2D eigenvalue weighted by Gasteiger charge is -2.23. The number of carboxylic acid groups (broad SMARTS) is 1. The molecule has 1 atom stereocenters. The van der Waals surface area contributed by atoms with Crippen LogP contribution in [0.1, 0.15) is 28.4 Å². The lowest BCUT2D eigenvalue weighted by molar-refractivity contribution is -0.314. The van der Waals surface area contributed by atoms with Crippen LogP contribution in [0.4, 0.5) is 4.39 Å². The van der Waals surface area contributed by atoms with Crippen molar-refractivity contribution in [3.05, 3.63) is 82.7 Å². The average molecular weight is 434 g/mol. The fourth-order valence-corrected chi connectivity index (χ4v) is 3.29. The van der Waals surface area contributed by atoms with E-state index in [1.807, 2.05) is 0 Å². The van der Waals surface area contributed by atoms with Gasteiger partial charge >= 0.3 is 0 Å². The van der Waals surface area contributed by atoms with E-state index in [0.29, 0.717) is 22.6 Å². The number of halogens is 1. The normalized spacial score (nSPS) is 12.7. The van der Waals surface area contributed by atoms with Crippen molar-refractivity contribution in [2.75, 3.05) is 6.79 Å². The zero-order valence-corrected chi connectivity index (χ0v) is 17.0. The van der Waals surface area contributed by atoms with E-state index in [9.17, 15) is 19.6 Å². The smallest absolute Gasteiger partial charge is 0.231 e. The number of nitriles is 1. The number of hydrogen-bond donors (Lipinski definition) is 0. The lowest BCUT2D eigenvalue weighted by Crippen LogP contribution is -2.33. The van der Waals surface area contributed by atoms with Crippen LogP contribution >= 0.6 is 0 Å². The molecule has 3 aromatic rings. The Morgan fingerprint density at radius 1 is 1.19 bits per heavy atom. The third-order valence-corrected chi connectivity index (χ3v) is 4.91. The van der Waals surface area contributed by atoms with Crippen molar-refractivity contribution in [1.82, 2.24) is 0 Å². The highest BCUT2D eigenvalue weighted by Crippen LogP contribution is 2.34. The van der Waals surface area contributed by atoms with Crippen LogP contribution in [-0.4, -0.2) is 12.8 Å². The topological polar surface area (TPSA) is 101 Å². The van der Waals surface area contributed by atoms with E-state index in [4.69, 9.17) is 18.9 Å². The minimum absolute atomic E-state index is 0.0658. The molecule has 1 aliphatic rings. The zero-order chi connectivity index (χ0) is 22.7. The number of hydrogen-bond acceptors (Lipinski definition) is 7. The number of ether oxygens (including phenoxy) is 4. The van der Waals surface area contributed by atoms with Crippen LogP contribution in [0, 0.1) is 24.1 Å². The number of aryl methyl sites for hydroxylation is 1. The number of benzene rings is 3. The van der Waals surface area contributed by atoms with Crippen molar-refractivity contribution in [3.8, 4) is 29.1 Å². The van der Waals surface area contributed by atoms with Gasteiger partial charge in [0.1, 0.15) is 35.6 Å². The number of aliphatic carboxylic acids is 1. The molecule has 162 valence electrons. The predicted octanol–water partition coefficient (Wildman–Crippen LogP) is 3.18. The molecule has 1 unspecified atom stereocenters. The summed E-state index contributed by atoms with van der Waals surface area (Å²) in [6, 6.07) is 16.0. The Balaban J connectivity index is 1.60. The second kappa shape index (κ2) is 8.86. The van der Waals surface area contributed by atoms with Gasteiger partial charge in [-0.05, 0) is 30.2 Å². The van der Waals surface area contributed by atoms with E-state index in [1.54, 1.807) is 55.5 Å². The van der Waals surface area contributed by atoms with Crippen molar-refractivity contribution < 1.29 is 33.2 Å². The summed E-state index contributed by atoms with van der Waals surface area (Å²) >= 11 is 0. The van der Waals surface area contributed by atoms with Gasteiger partial charge in [0.25, 0.3) is 0 Å². The van der Waals surface area contributed by atoms with Crippen LogP contribution in [0.2, 0.25) is 0 Å².